The van der Waals surface area contributed by atoms with Crippen LogP contribution in [0.3, 0.4) is 0 Å². The second-order valence-corrected chi connectivity index (χ2v) is 9.54. The Morgan fingerprint density at radius 2 is 1.64 bits per heavy atom. The maximum atomic E-state index is 12.9. The fourth-order valence-corrected chi connectivity index (χ4v) is 4.87. The van der Waals surface area contributed by atoms with Crippen LogP contribution in [0.4, 0.5) is 5.69 Å². The second-order valence-electron chi connectivity index (χ2n) is 9.54. The predicted molar refractivity (Wildman–Crippen MR) is 145 cm³/mol. The number of nitrogens with zero attached hydrogens (tertiary/aromatic N) is 1. The van der Waals surface area contributed by atoms with Gasteiger partial charge in [-0.2, -0.15) is 0 Å². The molecule has 0 saturated carbocycles. The number of imide groups is 1. The van der Waals surface area contributed by atoms with Crippen molar-refractivity contribution in [2.45, 2.75) is 18.9 Å². The Balaban J connectivity index is 1.08. The number of ether oxygens (including phenoxy) is 3. The molecule has 39 heavy (non-hydrogen) atoms. The molecule has 2 aliphatic rings. The zero-order valence-electron chi connectivity index (χ0n) is 21.1. The fraction of sp³-hybridized carbons (Fsp3) is 0.194. The number of carbonyl (C=O) groups excluding carboxylic acids is 3. The van der Waals surface area contributed by atoms with Crippen molar-refractivity contribution < 1.29 is 28.6 Å². The summed E-state index contributed by atoms with van der Waals surface area (Å²) in [6, 6.07) is 25.4. The summed E-state index contributed by atoms with van der Waals surface area (Å²) in [5.74, 6) is 0.525. The molecule has 8 heteroatoms. The van der Waals surface area contributed by atoms with E-state index in [0.29, 0.717) is 40.7 Å². The molecule has 0 bridgehead atoms. The Morgan fingerprint density at radius 3 is 2.49 bits per heavy atom. The van der Waals surface area contributed by atoms with E-state index in [2.05, 4.69) is 5.32 Å². The molecular weight excluding hydrogens is 496 g/mol. The molecule has 6 rings (SSSR count). The van der Waals surface area contributed by atoms with E-state index in [4.69, 9.17) is 14.2 Å². The highest BCUT2D eigenvalue weighted by Crippen LogP contribution is 2.31. The van der Waals surface area contributed by atoms with Gasteiger partial charge in [0.25, 0.3) is 17.7 Å². The second kappa shape index (κ2) is 10.6. The molecule has 1 atom stereocenters. The Bertz CT molecular complexity index is 1580. The monoisotopic (exact) mass is 522 g/mol. The normalized spacial score (nSPS) is 16.4. The minimum absolute atomic E-state index is 0.112. The summed E-state index contributed by atoms with van der Waals surface area (Å²) in [7, 11) is 0. The smallest absolute Gasteiger partial charge is 0.262 e. The van der Waals surface area contributed by atoms with Gasteiger partial charge in [-0.25, -0.2) is 0 Å². The molecule has 1 N–H and O–H groups in total. The zero-order chi connectivity index (χ0) is 26.8. The molecule has 196 valence electrons. The molecule has 4 aromatic carbocycles. The number of nitrogens with one attached hydrogen (secondary N) is 1. The molecule has 8 nitrogen and oxygen atoms in total. The van der Waals surface area contributed by atoms with Crippen molar-refractivity contribution >= 4 is 34.2 Å². The van der Waals surface area contributed by atoms with E-state index < -0.39 is 0 Å². The highest BCUT2D eigenvalue weighted by molar-refractivity contribution is 6.21. The first kappa shape index (κ1) is 24.6. The standard InChI is InChI=1S/C31H26N2O6/c34-29(19-38-23-11-10-20-5-1-2-6-21(20)15-23)32-22-7-3-8-24(16-22)39-25-12-13-27-28(17-25)31(36)33(30(27)35)18-26-9-4-14-37-26/h1-3,5-8,10-13,15-17,26H,4,9,14,18-19H2,(H,32,34). The van der Waals surface area contributed by atoms with Crippen molar-refractivity contribution in [3.63, 3.8) is 0 Å². The zero-order valence-corrected chi connectivity index (χ0v) is 21.1. The van der Waals surface area contributed by atoms with Gasteiger partial charge in [0, 0.05) is 18.4 Å². The van der Waals surface area contributed by atoms with Crippen molar-refractivity contribution in [3.8, 4) is 17.2 Å². The number of benzene rings is 4. The number of amides is 3. The number of hydrogen-bond acceptors (Lipinski definition) is 6. The van der Waals surface area contributed by atoms with Crippen LogP contribution in [0, 0.1) is 0 Å². The van der Waals surface area contributed by atoms with Crippen LogP contribution in [0.15, 0.2) is 84.9 Å². The number of hydrogen-bond donors (Lipinski definition) is 1. The van der Waals surface area contributed by atoms with E-state index in [0.717, 1.165) is 23.6 Å². The Hall–Kier alpha value is -4.69. The van der Waals surface area contributed by atoms with Crippen LogP contribution in [0.1, 0.15) is 33.6 Å². The third kappa shape index (κ3) is 5.32. The van der Waals surface area contributed by atoms with Crippen LogP contribution >= 0.6 is 0 Å². The number of anilines is 1. The molecule has 1 fully saturated rings. The van der Waals surface area contributed by atoms with E-state index in [1.807, 2.05) is 42.5 Å². The molecule has 1 unspecified atom stereocenters. The topological polar surface area (TPSA) is 94.2 Å². The minimum Gasteiger partial charge on any atom is -0.484 e. The summed E-state index contributed by atoms with van der Waals surface area (Å²) in [5, 5.41) is 4.94. The molecule has 1 saturated heterocycles. The summed E-state index contributed by atoms with van der Waals surface area (Å²) in [4.78, 5) is 39.5. The van der Waals surface area contributed by atoms with E-state index in [1.165, 1.54) is 4.90 Å². The fourth-order valence-electron chi connectivity index (χ4n) is 4.87. The average molecular weight is 523 g/mol. The molecule has 2 aliphatic heterocycles. The lowest BCUT2D eigenvalue weighted by molar-refractivity contribution is -0.118. The molecular formula is C31H26N2O6. The SMILES string of the molecule is O=C(COc1ccc2ccccc2c1)Nc1cccc(Oc2ccc3c(c2)C(=O)N(CC2CCCO2)C3=O)c1. The molecule has 0 aromatic heterocycles. The summed E-state index contributed by atoms with van der Waals surface area (Å²) in [6.45, 7) is 0.768. The van der Waals surface area contributed by atoms with Crippen LogP contribution in [-0.4, -0.2) is 48.5 Å². The van der Waals surface area contributed by atoms with Gasteiger partial charge in [-0.05, 0) is 66.1 Å². The van der Waals surface area contributed by atoms with Crippen LogP contribution in [0.2, 0.25) is 0 Å². The highest BCUT2D eigenvalue weighted by atomic mass is 16.5. The lowest BCUT2D eigenvalue weighted by Gasteiger charge is -2.17. The lowest BCUT2D eigenvalue weighted by Crippen LogP contribution is -2.36. The van der Waals surface area contributed by atoms with Crippen LogP contribution in [0.5, 0.6) is 17.2 Å². The molecule has 3 amide bonds. The van der Waals surface area contributed by atoms with Crippen molar-refractivity contribution in [2.75, 3.05) is 25.1 Å². The molecule has 0 aliphatic carbocycles. The number of rotatable bonds is 8. The van der Waals surface area contributed by atoms with Gasteiger partial charge in [-0.1, -0.05) is 36.4 Å². The third-order valence-electron chi connectivity index (χ3n) is 6.80. The largest absolute Gasteiger partial charge is 0.484 e. The Morgan fingerprint density at radius 1 is 0.846 bits per heavy atom. The van der Waals surface area contributed by atoms with Gasteiger partial charge in [-0.3, -0.25) is 19.3 Å². The van der Waals surface area contributed by atoms with Crippen LogP contribution in [0.25, 0.3) is 10.8 Å². The predicted octanol–water partition coefficient (Wildman–Crippen LogP) is 5.42. The molecule has 4 aromatic rings. The first-order chi connectivity index (χ1) is 19.0. The van der Waals surface area contributed by atoms with E-state index in [-0.39, 0.29) is 37.0 Å². The first-order valence-corrected chi connectivity index (χ1v) is 12.8. The molecule has 2 heterocycles. The van der Waals surface area contributed by atoms with Crippen LogP contribution < -0.4 is 14.8 Å². The van der Waals surface area contributed by atoms with Gasteiger partial charge < -0.3 is 19.5 Å². The van der Waals surface area contributed by atoms with Gasteiger partial charge in [0.05, 0.1) is 23.8 Å². The van der Waals surface area contributed by atoms with Crippen molar-refractivity contribution in [2.24, 2.45) is 0 Å². The number of carbonyl (C=O) groups is 3. The maximum Gasteiger partial charge on any atom is 0.262 e. The summed E-state index contributed by atoms with van der Waals surface area (Å²) < 4.78 is 17.2. The molecule has 0 spiro atoms. The summed E-state index contributed by atoms with van der Waals surface area (Å²) in [6.07, 6.45) is 1.66. The van der Waals surface area contributed by atoms with Gasteiger partial charge in [0.1, 0.15) is 17.2 Å². The van der Waals surface area contributed by atoms with Gasteiger partial charge >= 0.3 is 0 Å². The van der Waals surface area contributed by atoms with Gasteiger partial charge in [0.15, 0.2) is 6.61 Å². The lowest BCUT2D eigenvalue weighted by atomic mass is 10.1. The average Bonchev–Trinajstić information content (AvgIpc) is 3.55. The van der Waals surface area contributed by atoms with Gasteiger partial charge in [0.2, 0.25) is 0 Å². The summed E-state index contributed by atoms with van der Waals surface area (Å²) in [5.41, 5.74) is 1.21. The van der Waals surface area contributed by atoms with Crippen LogP contribution in [-0.2, 0) is 9.53 Å². The maximum absolute atomic E-state index is 12.9. The van der Waals surface area contributed by atoms with E-state index >= 15 is 0 Å². The van der Waals surface area contributed by atoms with E-state index in [1.54, 1.807) is 42.5 Å². The minimum atomic E-state index is -0.344. The Labute approximate surface area is 225 Å². The van der Waals surface area contributed by atoms with Crippen molar-refractivity contribution in [1.82, 2.24) is 4.90 Å². The quantitative estimate of drug-likeness (QED) is 0.311. The Kier molecular flexibility index (Phi) is 6.69. The van der Waals surface area contributed by atoms with Gasteiger partial charge in [-0.15, -0.1) is 0 Å². The third-order valence-corrected chi connectivity index (χ3v) is 6.80. The van der Waals surface area contributed by atoms with E-state index in [9.17, 15) is 14.4 Å². The first-order valence-electron chi connectivity index (χ1n) is 12.8. The number of fused-ring (bicyclic) bond motifs is 2. The van der Waals surface area contributed by atoms with Crippen molar-refractivity contribution in [1.29, 1.82) is 0 Å². The van der Waals surface area contributed by atoms with Crippen molar-refractivity contribution in [3.05, 3.63) is 96.1 Å². The molecule has 0 radical (unpaired) electrons. The highest BCUT2D eigenvalue weighted by Gasteiger charge is 2.37. The summed E-state index contributed by atoms with van der Waals surface area (Å²) >= 11 is 0.